The molecular weight excluding hydrogens is 407 g/mol. The SMILES string of the molecule is Cc1cccc(NC(=O)CN2C(=O)SC(=Cc3ccc(Cl)c(Cl)c3)C2=O)c1. The van der Waals surface area contributed by atoms with Gasteiger partial charge in [-0.1, -0.05) is 41.4 Å². The lowest BCUT2D eigenvalue weighted by molar-refractivity contribution is -0.127. The van der Waals surface area contributed by atoms with Crippen LogP contribution < -0.4 is 5.32 Å². The highest BCUT2D eigenvalue weighted by Crippen LogP contribution is 2.33. The number of nitrogens with zero attached hydrogens (tertiary/aromatic N) is 1. The van der Waals surface area contributed by atoms with E-state index in [0.717, 1.165) is 22.2 Å². The standard InChI is InChI=1S/C19H14Cl2N2O3S/c1-11-3-2-4-13(7-11)22-17(24)10-23-18(25)16(27-19(23)26)9-12-5-6-14(20)15(21)8-12/h2-9H,10H2,1H3,(H,22,24). The Balaban J connectivity index is 1.71. The van der Waals surface area contributed by atoms with Crippen molar-refractivity contribution < 1.29 is 14.4 Å². The molecule has 0 bridgehead atoms. The summed E-state index contributed by atoms with van der Waals surface area (Å²) in [7, 11) is 0. The molecule has 2 aromatic carbocycles. The van der Waals surface area contributed by atoms with Crippen LogP contribution in [0.3, 0.4) is 0 Å². The lowest BCUT2D eigenvalue weighted by atomic mass is 10.2. The zero-order valence-electron chi connectivity index (χ0n) is 14.2. The van der Waals surface area contributed by atoms with E-state index in [1.165, 1.54) is 0 Å². The predicted molar refractivity (Wildman–Crippen MR) is 109 cm³/mol. The van der Waals surface area contributed by atoms with E-state index in [9.17, 15) is 14.4 Å². The summed E-state index contributed by atoms with van der Waals surface area (Å²) in [4.78, 5) is 38.0. The molecule has 3 amide bonds. The lowest BCUT2D eigenvalue weighted by Gasteiger charge is -2.12. The second-order valence-electron chi connectivity index (χ2n) is 5.86. The Labute approximate surface area is 170 Å². The van der Waals surface area contributed by atoms with Crippen molar-refractivity contribution in [1.29, 1.82) is 0 Å². The summed E-state index contributed by atoms with van der Waals surface area (Å²) >= 11 is 12.6. The molecule has 3 rings (SSSR count). The van der Waals surface area contributed by atoms with Gasteiger partial charge in [-0.3, -0.25) is 19.3 Å². The first-order chi connectivity index (χ1) is 12.8. The Morgan fingerprint density at radius 2 is 1.93 bits per heavy atom. The van der Waals surface area contributed by atoms with E-state index in [0.29, 0.717) is 21.3 Å². The molecular formula is C19H14Cl2N2O3S. The van der Waals surface area contributed by atoms with Crippen molar-refractivity contribution in [2.45, 2.75) is 6.92 Å². The van der Waals surface area contributed by atoms with Crippen LogP contribution in [0.4, 0.5) is 10.5 Å². The zero-order valence-corrected chi connectivity index (χ0v) is 16.5. The molecule has 0 saturated carbocycles. The number of imide groups is 1. The van der Waals surface area contributed by atoms with E-state index in [1.807, 2.05) is 19.1 Å². The molecule has 0 spiro atoms. The summed E-state index contributed by atoms with van der Waals surface area (Å²) in [6.45, 7) is 1.55. The number of hydrogen-bond acceptors (Lipinski definition) is 4. The first-order valence-electron chi connectivity index (χ1n) is 7.90. The van der Waals surface area contributed by atoms with Gasteiger partial charge in [-0.15, -0.1) is 0 Å². The van der Waals surface area contributed by atoms with Crippen LogP contribution in [0.15, 0.2) is 47.4 Å². The number of carbonyl (C=O) groups excluding carboxylic acids is 3. The van der Waals surface area contributed by atoms with Gasteiger partial charge >= 0.3 is 0 Å². The number of hydrogen-bond donors (Lipinski definition) is 1. The van der Waals surface area contributed by atoms with Gasteiger partial charge in [0, 0.05) is 5.69 Å². The second kappa shape index (κ2) is 8.17. The fourth-order valence-electron chi connectivity index (χ4n) is 2.46. The van der Waals surface area contributed by atoms with Gasteiger partial charge in [-0.25, -0.2) is 0 Å². The summed E-state index contributed by atoms with van der Waals surface area (Å²) in [5, 5.41) is 2.94. The largest absolute Gasteiger partial charge is 0.325 e. The summed E-state index contributed by atoms with van der Waals surface area (Å²) < 4.78 is 0. The second-order valence-corrected chi connectivity index (χ2v) is 7.67. The molecule has 1 heterocycles. The fraction of sp³-hybridized carbons (Fsp3) is 0.105. The first kappa shape index (κ1) is 19.5. The summed E-state index contributed by atoms with van der Waals surface area (Å²) in [5.41, 5.74) is 2.24. The molecule has 1 aliphatic rings. The van der Waals surface area contributed by atoms with Gasteiger partial charge in [0.15, 0.2) is 0 Å². The maximum atomic E-state index is 12.5. The van der Waals surface area contributed by atoms with Gasteiger partial charge in [-0.2, -0.15) is 0 Å². The third-order valence-corrected chi connectivity index (χ3v) is 5.36. The van der Waals surface area contributed by atoms with Crippen LogP contribution in [-0.4, -0.2) is 28.5 Å². The Hall–Kier alpha value is -2.28. The molecule has 1 saturated heterocycles. The van der Waals surface area contributed by atoms with Crippen LogP contribution in [0, 0.1) is 6.92 Å². The van der Waals surface area contributed by atoms with Gasteiger partial charge in [0.25, 0.3) is 11.1 Å². The highest BCUT2D eigenvalue weighted by atomic mass is 35.5. The quantitative estimate of drug-likeness (QED) is 0.708. The van der Waals surface area contributed by atoms with Gasteiger partial charge < -0.3 is 5.32 Å². The van der Waals surface area contributed by atoms with Crippen molar-refractivity contribution in [2.24, 2.45) is 0 Å². The predicted octanol–water partition coefficient (Wildman–Crippen LogP) is 4.98. The van der Waals surface area contributed by atoms with E-state index >= 15 is 0 Å². The number of carbonyl (C=O) groups is 3. The molecule has 2 aromatic rings. The van der Waals surface area contributed by atoms with E-state index in [2.05, 4.69) is 5.32 Å². The minimum Gasteiger partial charge on any atom is -0.325 e. The molecule has 0 aliphatic carbocycles. The van der Waals surface area contributed by atoms with Crippen molar-refractivity contribution >= 4 is 63.8 Å². The van der Waals surface area contributed by atoms with Crippen LogP contribution >= 0.6 is 35.0 Å². The lowest BCUT2D eigenvalue weighted by Crippen LogP contribution is -2.36. The minimum atomic E-state index is -0.518. The molecule has 5 nitrogen and oxygen atoms in total. The highest BCUT2D eigenvalue weighted by Gasteiger charge is 2.36. The summed E-state index contributed by atoms with van der Waals surface area (Å²) in [6, 6.07) is 12.1. The van der Waals surface area contributed by atoms with E-state index < -0.39 is 17.1 Å². The van der Waals surface area contributed by atoms with Crippen molar-refractivity contribution in [2.75, 3.05) is 11.9 Å². The first-order valence-corrected chi connectivity index (χ1v) is 9.47. The van der Waals surface area contributed by atoms with Gasteiger partial charge in [0.1, 0.15) is 6.54 Å². The summed E-state index contributed by atoms with van der Waals surface area (Å²) in [5.74, 6) is -0.964. The van der Waals surface area contributed by atoms with Crippen molar-refractivity contribution in [3.63, 3.8) is 0 Å². The molecule has 1 aliphatic heterocycles. The van der Waals surface area contributed by atoms with Gasteiger partial charge in [0.05, 0.1) is 15.0 Å². The highest BCUT2D eigenvalue weighted by molar-refractivity contribution is 8.18. The zero-order chi connectivity index (χ0) is 19.6. The number of amides is 3. The Bertz CT molecular complexity index is 975. The Morgan fingerprint density at radius 1 is 1.15 bits per heavy atom. The van der Waals surface area contributed by atoms with Gasteiger partial charge in [0.2, 0.25) is 5.91 Å². The maximum absolute atomic E-state index is 12.5. The molecule has 1 N–H and O–H groups in total. The van der Waals surface area contributed by atoms with E-state index in [1.54, 1.807) is 36.4 Å². The third kappa shape index (κ3) is 4.71. The van der Waals surface area contributed by atoms with Crippen LogP contribution in [-0.2, 0) is 9.59 Å². The smallest absolute Gasteiger partial charge is 0.294 e. The number of thioether (sulfide) groups is 1. The van der Waals surface area contributed by atoms with Crippen LogP contribution in [0.2, 0.25) is 10.0 Å². The Morgan fingerprint density at radius 3 is 2.63 bits per heavy atom. The summed E-state index contributed by atoms with van der Waals surface area (Å²) in [6.07, 6.45) is 1.55. The van der Waals surface area contributed by atoms with Crippen LogP contribution in [0.1, 0.15) is 11.1 Å². The van der Waals surface area contributed by atoms with E-state index in [-0.39, 0.29) is 11.4 Å². The Kier molecular flexibility index (Phi) is 5.89. The van der Waals surface area contributed by atoms with Crippen LogP contribution in [0.5, 0.6) is 0 Å². The minimum absolute atomic E-state index is 0.224. The molecule has 0 atom stereocenters. The van der Waals surface area contributed by atoms with Crippen molar-refractivity contribution in [3.05, 3.63) is 68.5 Å². The molecule has 27 heavy (non-hydrogen) atoms. The van der Waals surface area contributed by atoms with Crippen LogP contribution in [0.25, 0.3) is 6.08 Å². The average molecular weight is 421 g/mol. The fourth-order valence-corrected chi connectivity index (χ4v) is 3.60. The monoisotopic (exact) mass is 420 g/mol. The molecule has 0 aromatic heterocycles. The molecule has 1 fully saturated rings. The molecule has 0 radical (unpaired) electrons. The number of nitrogens with one attached hydrogen (secondary N) is 1. The van der Waals surface area contributed by atoms with Gasteiger partial charge in [-0.05, 0) is 60.2 Å². The average Bonchev–Trinajstić information content (AvgIpc) is 2.85. The van der Waals surface area contributed by atoms with E-state index in [4.69, 9.17) is 23.2 Å². The number of benzene rings is 2. The van der Waals surface area contributed by atoms with Crippen molar-refractivity contribution in [3.8, 4) is 0 Å². The molecule has 0 unspecified atom stereocenters. The van der Waals surface area contributed by atoms with Crippen molar-refractivity contribution in [1.82, 2.24) is 4.90 Å². The maximum Gasteiger partial charge on any atom is 0.294 e. The number of aryl methyl sites for hydroxylation is 1. The number of rotatable bonds is 4. The molecule has 138 valence electrons. The normalized spacial score (nSPS) is 15.5. The number of anilines is 1. The molecule has 8 heteroatoms. The third-order valence-electron chi connectivity index (χ3n) is 3.72. The topological polar surface area (TPSA) is 66.5 Å². The number of halogens is 2.